The zero-order valence-electron chi connectivity index (χ0n) is 8.66. The number of hydrogen-bond donors (Lipinski definition) is 0. The average Bonchev–Trinajstić information content (AvgIpc) is 2.62. The van der Waals surface area contributed by atoms with E-state index >= 15 is 0 Å². The van der Waals surface area contributed by atoms with E-state index < -0.39 is 0 Å². The van der Waals surface area contributed by atoms with Crippen LogP contribution in [0.25, 0.3) is 0 Å². The van der Waals surface area contributed by atoms with Crippen LogP contribution in [0.2, 0.25) is 0 Å². The minimum atomic E-state index is -0.0406. The van der Waals surface area contributed by atoms with E-state index in [1.54, 1.807) is 18.4 Å². The maximum atomic E-state index is 5.89. The Morgan fingerprint density at radius 1 is 1.43 bits per heavy atom. The van der Waals surface area contributed by atoms with Crippen LogP contribution in [0.4, 0.5) is 0 Å². The molecule has 0 spiro atoms. The summed E-state index contributed by atoms with van der Waals surface area (Å²) in [7, 11) is 1.72. The van der Waals surface area contributed by atoms with Crippen LogP contribution in [0.3, 0.4) is 0 Å². The maximum Gasteiger partial charge on any atom is 0.135 e. The van der Waals surface area contributed by atoms with E-state index in [0.29, 0.717) is 0 Å². The normalized spacial score (nSPS) is 15.4. The van der Waals surface area contributed by atoms with Gasteiger partial charge in [0.2, 0.25) is 0 Å². The molecule has 0 N–H and O–H groups in total. The highest BCUT2D eigenvalue weighted by Crippen LogP contribution is 2.23. The average molecular weight is 235 g/mol. The number of nitrogens with zero attached hydrogens (tertiary/aromatic N) is 2. The fourth-order valence-electron chi connectivity index (χ4n) is 0.973. The van der Waals surface area contributed by atoms with Gasteiger partial charge >= 0.3 is 0 Å². The molecule has 0 aliphatic rings. The van der Waals surface area contributed by atoms with Crippen LogP contribution in [-0.2, 0) is 11.2 Å². The zero-order valence-corrected chi connectivity index (χ0v) is 10.2. The highest BCUT2D eigenvalue weighted by Gasteiger charge is 2.09. The van der Waals surface area contributed by atoms with Gasteiger partial charge < -0.3 is 4.74 Å². The van der Waals surface area contributed by atoms with Crippen molar-refractivity contribution in [1.29, 1.82) is 0 Å². The number of hydrogen-bond acceptors (Lipinski definition) is 4. The third-order valence-corrected chi connectivity index (χ3v) is 3.49. The lowest BCUT2D eigenvalue weighted by molar-refractivity contribution is 0.111. The van der Waals surface area contributed by atoms with E-state index in [0.717, 1.165) is 22.9 Å². The first-order valence-corrected chi connectivity index (χ1v) is 5.88. The van der Waals surface area contributed by atoms with Crippen LogP contribution in [0.5, 0.6) is 0 Å². The summed E-state index contributed by atoms with van der Waals surface area (Å²) in [6.45, 7) is 3.95. The van der Waals surface area contributed by atoms with Gasteiger partial charge in [0.1, 0.15) is 10.0 Å². The molecule has 3 nitrogen and oxygen atoms in total. The van der Waals surface area contributed by atoms with Crippen LogP contribution >= 0.6 is 22.9 Å². The van der Waals surface area contributed by atoms with Crippen molar-refractivity contribution in [3.05, 3.63) is 10.0 Å². The van der Waals surface area contributed by atoms with Crippen molar-refractivity contribution in [1.82, 2.24) is 10.2 Å². The van der Waals surface area contributed by atoms with Crippen LogP contribution < -0.4 is 0 Å². The predicted molar refractivity (Wildman–Crippen MR) is 59.0 cm³/mol. The summed E-state index contributed by atoms with van der Waals surface area (Å²) >= 11 is 7.47. The molecule has 1 heterocycles. The number of ether oxygens (including phenoxy) is 1. The molecule has 0 radical (unpaired) electrons. The lowest BCUT2D eigenvalue weighted by Crippen LogP contribution is -2.05. The molecule has 1 rings (SSSR count). The molecule has 0 bridgehead atoms. The molecule has 1 aromatic rings. The number of aryl methyl sites for hydroxylation is 1. The van der Waals surface area contributed by atoms with Crippen molar-refractivity contribution in [3.8, 4) is 0 Å². The maximum absolute atomic E-state index is 5.89. The summed E-state index contributed by atoms with van der Waals surface area (Å²) in [6, 6.07) is 0. The molecule has 5 heteroatoms. The Bertz CT molecular complexity index is 278. The number of methoxy groups -OCH3 is 1. The van der Waals surface area contributed by atoms with E-state index in [2.05, 4.69) is 10.2 Å². The second-order valence-electron chi connectivity index (χ2n) is 3.24. The minimum Gasteiger partial charge on any atom is -0.382 e. The van der Waals surface area contributed by atoms with Crippen LogP contribution in [-0.4, -0.2) is 23.4 Å². The molecular weight excluding hydrogens is 220 g/mol. The van der Waals surface area contributed by atoms with Gasteiger partial charge in [-0.3, -0.25) is 0 Å². The van der Waals surface area contributed by atoms with E-state index in [1.807, 2.05) is 13.8 Å². The summed E-state index contributed by atoms with van der Waals surface area (Å²) in [5.41, 5.74) is 0. The molecule has 0 fully saturated rings. The first-order chi connectivity index (χ1) is 6.63. The Morgan fingerprint density at radius 3 is 2.64 bits per heavy atom. The van der Waals surface area contributed by atoms with Gasteiger partial charge in [0.25, 0.3) is 0 Å². The first-order valence-electron chi connectivity index (χ1n) is 4.62. The Kier molecular flexibility index (Phi) is 4.78. The highest BCUT2D eigenvalue weighted by atomic mass is 35.5. The van der Waals surface area contributed by atoms with Crippen LogP contribution in [0, 0.1) is 0 Å². The molecule has 1 aromatic heterocycles. The van der Waals surface area contributed by atoms with Crippen molar-refractivity contribution in [3.63, 3.8) is 0 Å². The zero-order chi connectivity index (χ0) is 10.6. The van der Waals surface area contributed by atoms with Crippen molar-refractivity contribution >= 4 is 22.9 Å². The molecule has 0 saturated carbocycles. The van der Waals surface area contributed by atoms with Crippen molar-refractivity contribution in [2.24, 2.45) is 0 Å². The monoisotopic (exact) mass is 234 g/mol. The van der Waals surface area contributed by atoms with Gasteiger partial charge in [-0.1, -0.05) is 11.3 Å². The number of aromatic nitrogens is 2. The Labute approximate surface area is 93.5 Å². The van der Waals surface area contributed by atoms with E-state index in [4.69, 9.17) is 16.3 Å². The summed E-state index contributed by atoms with van der Waals surface area (Å²) in [4.78, 5) is 0. The summed E-state index contributed by atoms with van der Waals surface area (Å²) in [5, 5.41) is 9.98. The van der Waals surface area contributed by atoms with E-state index in [-0.39, 0.29) is 11.5 Å². The van der Waals surface area contributed by atoms with E-state index in [9.17, 15) is 0 Å². The summed E-state index contributed by atoms with van der Waals surface area (Å²) in [5.74, 6) is 0. The standard InChI is InChI=1S/C9H15ClN2OS/c1-6(13-3)4-5-8-11-12-9(14-8)7(2)10/h6-7H,4-5H2,1-3H3. The number of halogens is 1. The number of rotatable bonds is 5. The lowest BCUT2D eigenvalue weighted by atomic mass is 10.2. The van der Waals surface area contributed by atoms with Crippen molar-refractivity contribution < 1.29 is 4.74 Å². The molecule has 0 amide bonds. The molecule has 2 unspecified atom stereocenters. The molecule has 0 aliphatic carbocycles. The summed E-state index contributed by atoms with van der Waals surface area (Å²) in [6.07, 6.45) is 2.16. The second kappa shape index (κ2) is 5.63. The Hall–Kier alpha value is -0.190. The van der Waals surface area contributed by atoms with Gasteiger partial charge in [-0.2, -0.15) is 0 Å². The summed E-state index contributed by atoms with van der Waals surface area (Å²) < 4.78 is 5.16. The van der Waals surface area contributed by atoms with E-state index in [1.165, 1.54) is 0 Å². The third-order valence-electron chi connectivity index (χ3n) is 1.99. The van der Waals surface area contributed by atoms with Crippen molar-refractivity contribution in [2.75, 3.05) is 7.11 Å². The molecule has 0 saturated heterocycles. The van der Waals surface area contributed by atoms with Gasteiger partial charge in [-0.15, -0.1) is 21.8 Å². The highest BCUT2D eigenvalue weighted by molar-refractivity contribution is 7.11. The van der Waals surface area contributed by atoms with Gasteiger partial charge in [-0.05, 0) is 20.3 Å². The Morgan fingerprint density at radius 2 is 2.14 bits per heavy atom. The SMILES string of the molecule is COC(C)CCc1nnc(C(C)Cl)s1. The predicted octanol–water partition coefficient (Wildman–Crippen LogP) is 2.81. The molecule has 14 heavy (non-hydrogen) atoms. The van der Waals surface area contributed by atoms with Gasteiger partial charge in [0.15, 0.2) is 0 Å². The lowest BCUT2D eigenvalue weighted by Gasteiger charge is -2.06. The second-order valence-corrected chi connectivity index (χ2v) is 4.98. The molecule has 0 aliphatic heterocycles. The Balaban J connectivity index is 2.44. The third kappa shape index (κ3) is 3.52. The smallest absolute Gasteiger partial charge is 0.135 e. The van der Waals surface area contributed by atoms with Crippen LogP contribution in [0.15, 0.2) is 0 Å². The fourth-order valence-corrected chi connectivity index (χ4v) is 1.94. The van der Waals surface area contributed by atoms with Gasteiger partial charge in [-0.25, -0.2) is 0 Å². The first kappa shape index (κ1) is 11.9. The largest absolute Gasteiger partial charge is 0.382 e. The topological polar surface area (TPSA) is 35.0 Å². The molecular formula is C9H15ClN2OS. The quantitative estimate of drug-likeness (QED) is 0.735. The number of alkyl halides is 1. The van der Waals surface area contributed by atoms with Crippen LogP contribution in [0.1, 0.15) is 35.7 Å². The minimum absolute atomic E-state index is 0.0406. The molecule has 80 valence electrons. The van der Waals surface area contributed by atoms with Gasteiger partial charge in [0.05, 0.1) is 11.5 Å². The van der Waals surface area contributed by atoms with Crippen molar-refractivity contribution in [2.45, 2.75) is 38.2 Å². The molecule has 2 atom stereocenters. The fraction of sp³-hybridized carbons (Fsp3) is 0.778. The van der Waals surface area contributed by atoms with Gasteiger partial charge in [0, 0.05) is 13.5 Å². The molecule has 0 aromatic carbocycles.